The molecule has 1 amide bonds. The van der Waals surface area contributed by atoms with E-state index in [0.29, 0.717) is 25.2 Å². The van der Waals surface area contributed by atoms with Crippen LogP contribution in [0.25, 0.3) is 0 Å². The highest BCUT2D eigenvalue weighted by Crippen LogP contribution is 2.24. The van der Waals surface area contributed by atoms with E-state index in [1.165, 1.54) is 10.4 Å². The minimum Gasteiger partial charge on any atom is -0.349 e. The molecule has 142 valence electrons. The first-order valence-electron chi connectivity index (χ1n) is 9.23. The predicted octanol–water partition coefficient (Wildman–Crippen LogP) is 1.91. The molecule has 1 saturated heterocycles. The highest BCUT2D eigenvalue weighted by molar-refractivity contribution is 7.89. The van der Waals surface area contributed by atoms with E-state index in [2.05, 4.69) is 10.6 Å². The van der Waals surface area contributed by atoms with Crippen LogP contribution >= 0.6 is 0 Å². The summed E-state index contributed by atoms with van der Waals surface area (Å²) in [5.74, 6) is -0.211. The number of rotatable bonds is 5. The predicted molar refractivity (Wildman–Crippen MR) is 103 cm³/mol. The van der Waals surface area contributed by atoms with E-state index < -0.39 is 10.0 Å². The lowest BCUT2D eigenvalue weighted by atomic mass is 10.1. The highest BCUT2D eigenvalue weighted by atomic mass is 32.2. The lowest BCUT2D eigenvalue weighted by molar-refractivity contribution is 0.0951. The molecule has 2 N–H and O–H groups in total. The monoisotopic (exact) mass is 385 g/mol. The number of amides is 1. The largest absolute Gasteiger partial charge is 0.349 e. The van der Waals surface area contributed by atoms with Gasteiger partial charge in [0.1, 0.15) is 0 Å². The summed E-state index contributed by atoms with van der Waals surface area (Å²) in [5, 5.41) is 6.28. The molecule has 4 rings (SSSR count). The minimum atomic E-state index is -3.66. The zero-order valence-corrected chi connectivity index (χ0v) is 15.8. The van der Waals surface area contributed by atoms with Gasteiger partial charge in [0.15, 0.2) is 0 Å². The molecule has 0 radical (unpaired) electrons. The van der Waals surface area contributed by atoms with Gasteiger partial charge in [0.2, 0.25) is 10.0 Å². The van der Waals surface area contributed by atoms with Gasteiger partial charge in [-0.1, -0.05) is 36.4 Å². The molecule has 1 saturated carbocycles. The number of nitrogens with one attached hydrogen (secondary N) is 2. The molecule has 2 aliphatic rings. The Hall–Kier alpha value is -2.22. The van der Waals surface area contributed by atoms with Crippen LogP contribution in [0.4, 0.5) is 0 Å². The molecule has 1 atom stereocenters. The molecule has 0 spiro atoms. The highest BCUT2D eigenvalue weighted by Gasteiger charge is 2.31. The van der Waals surface area contributed by atoms with E-state index in [-0.39, 0.29) is 22.9 Å². The molecule has 0 unspecified atom stereocenters. The molecule has 27 heavy (non-hydrogen) atoms. The van der Waals surface area contributed by atoms with Gasteiger partial charge in [0.25, 0.3) is 5.91 Å². The Bertz CT molecular complexity index is 926. The van der Waals surface area contributed by atoms with Gasteiger partial charge in [-0.2, -0.15) is 4.31 Å². The van der Waals surface area contributed by atoms with Crippen LogP contribution in [0.1, 0.15) is 34.8 Å². The van der Waals surface area contributed by atoms with Gasteiger partial charge in [-0.25, -0.2) is 8.42 Å². The van der Waals surface area contributed by atoms with Crippen LogP contribution in [0.5, 0.6) is 0 Å². The first kappa shape index (κ1) is 18.2. The Morgan fingerprint density at radius 3 is 2.59 bits per heavy atom. The number of hydrogen-bond acceptors (Lipinski definition) is 4. The van der Waals surface area contributed by atoms with E-state index in [0.717, 1.165) is 18.4 Å². The number of sulfonamides is 1. The van der Waals surface area contributed by atoms with E-state index in [9.17, 15) is 13.2 Å². The van der Waals surface area contributed by atoms with Gasteiger partial charge in [0, 0.05) is 37.3 Å². The molecule has 1 aliphatic heterocycles. The van der Waals surface area contributed by atoms with E-state index in [1.54, 1.807) is 18.2 Å². The second kappa shape index (κ2) is 7.42. The van der Waals surface area contributed by atoms with E-state index in [4.69, 9.17) is 0 Å². The normalized spacial score (nSPS) is 21.0. The molecule has 2 fully saturated rings. The summed E-state index contributed by atoms with van der Waals surface area (Å²) in [4.78, 5) is 12.4. The molecule has 2 aromatic carbocycles. The fourth-order valence-electron chi connectivity index (χ4n) is 3.29. The fourth-order valence-corrected chi connectivity index (χ4v) is 4.79. The molecule has 6 nitrogen and oxygen atoms in total. The molecule has 1 heterocycles. The summed E-state index contributed by atoms with van der Waals surface area (Å²) in [6.45, 7) is 1.36. The van der Waals surface area contributed by atoms with Gasteiger partial charge in [0.05, 0.1) is 4.90 Å². The van der Waals surface area contributed by atoms with Crippen molar-refractivity contribution in [3.8, 4) is 0 Å². The van der Waals surface area contributed by atoms with Crippen molar-refractivity contribution >= 4 is 15.9 Å². The summed E-state index contributed by atoms with van der Waals surface area (Å²) < 4.78 is 27.8. The van der Waals surface area contributed by atoms with Gasteiger partial charge in [-0.05, 0) is 36.6 Å². The van der Waals surface area contributed by atoms with Crippen LogP contribution in [-0.2, 0) is 10.0 Å². The number of carbonyl (C=O) groups is 1. The lowest BCUT2D eigenvalue weighted by Gasteiger charge is -2.33. The van der Waals surface area contributed by atoms with Crippen LogP contribution in [-0.4, -0.2) is 44.3 Å². The summed E-state index contributed by atoms with van der Waals surface area (Å²) in [7, 11) is -3.66. The summed E-state index contributed by atoms with van der Waals surface area (Å²) >= 11 is 0. The molecular formula is C20H23N3O3S. The fraction of sp³-hybridized carbons (Fsp3) is 0.350. The quantitative estimate of drug-likeness (QED) is 0.824. The van der Waals surface area contributed by atoms with Crippen molar-refractivity contribution in [2.45, 2.75) is 29.8 Å². The maximum Gasteiger partial charge on any atom is 0.251 e. The summed E-state index contributed by atoms with van der Waals surface area (Å²) in [5.41, 5.74) is 1.45. The Kier molecular flexibility index (Phi) is 4.99. The van der Waals surface area contributed by atoms with Crippen molar-refractivity contribution in [1.29, 1.82) is 0 Å². The SMILES string of the molecule is O=C(NC1CC1)c1cccc(S(=O)(=O)N2CCN[C@H](c3ccccc3)C2)c1. The molecule has 0 aromatic heterocycles. The zero-order valence-electron chi connectivity index (χ0n) is 15.0. The van der Waals surface area contributed by atoms with Gasteiger partial charge in [-0.3, -0.25) is 4.79 Å². The van der Waals surface area contributed by atoms with Crippen molar-refractivity contribution in [2.75, 3.05) is 19.6 Å². The van der Waals surface area contributed by atoms with Crippen LogP contribution in [0, 0.1) is 0 Å². The van der Waals surface area contributed by atoms with Gasteiger partial charge >= 0.3 is 0 Å². The van der Waals surface area contributed by atoms with E-state index in [1.807, 2.05) is 30.3 Å². The minimum absolute atomic E-state index is 0.0453. The molecule has 2 aromatic rings. The first-order valence-corrected chi connectivity index (χ1v) is 10.7. The Labute approximate surface area is 159 Å². The van der Waals surface area contributed by atoms with Crippen molar-refractivity contribution in [3.05, 3.63) is 65.7 Å². The molecule has 1 aliphatic carbocycles. The van der Waals surface area contributed by atoms with Crippen LogP contribution < -0.4 is 10.6 Å². The number of nitrogens with zero attached hydrogens (tertiary/aromatic N) is 1. The van der Waals surface area contributed by atoms with Crippen LogP contribution in [0.3, 0.4) is 0 Å². The third-order valence-corrected chi connectivity index (χ3v) is 6.85. The number of benzene rings is 2. The first-order chi connectivity index (χ1) is 13.0. The smallest absolute Gasteiger partial charge is 0.251 e. The lowest BCUT2D eigenvalue weighted by Crippen LogP contribution is -2.48. The van der Waals surface area contributed by atoms with Gasteiger partial charge < -0.3 is 10.6 Å². The third-order valence-electron chi connectivity index (χ3n) is 4.99. The molecule has 7 heteroatoms. The maximum atomic E-state index is 13.1. The number of hydrogen-bond donors (Lipinski definition) is 2. The van der Waals surface area contributed by atoms with E-state index >= 15 is 0 Å². The van der Waals surface area contributed by atoms with Crippen LogP contribution in [0.2, 0.25) is 0 Å². The number of carbonyl (C=O) groups excluding carboxylic acids is 1. The standard InChI is InChI=1S/C20H23N3O3S/c24-20(22-17-9-10-17)16-7-4-8-18(13-16)27(25,26)23-12-11-21-19(14-23)15-5-2-1-3-6-15/h1-8,13,17,19,21H,9-12,14H2,(H,22,24)/t19-/m0/s1. The van der Waals surface area contributed by atoms with Crippen molar-refractivity contribution in [1.82, 2.24) is 14.9 Å². The van der Waals surface area contributed by atoms with Crippen molar-refractivity contribution in [2.24, 2.45) is 0 Å². The second-order valence-corrected chi connectivity index (χ2v) is 8.99. The summed E-state index contributed by atoms with van der Waals surface area (Å²) in [6.07, 6.45) is 1.98. The molecular weight excluding hydrogens is 362 g/mol. The second-order valence-electron chi connectivity index (χ2n) is 7.06. The third kappa shape index (κ3) is 4.05. The Morgan fingerprint density at radius 1 is 1.07 bits per heavy atom. The maximum absolute atomic E-state index is 13.1. The number of piperazine rings is 1. The average Bonchev–Trinajstić information content (AvgIpc) is 3.53. The Morgan fingerprint density at radius 2 is 1.85 bits per heavy atom. The van der Waals surface area contributed by atoms with Gasteiger partial charge in [-0.15, -0.1) is 0 Å². The average molecular weight is 385 g/mol. The Balaban J connectivity index is 1.54. The topological polar surface area (TPSA) is 78.5 Å². The van der Waals surface area contributed by atoms with Crippen LogP contribution in [0.15, 0.2) is 59.5 Å². The summed E-state index contributed by atoms with van der Waals surface area (Å²) in [6, 6.07) is 16.3. The van der Waals surface area contributed by atoms with Crippen molar-refractivity contribution < 1.29 is 13.2 Å². The molecule has 0 bridgehead atoms. The van der Waals surface area contributed by atoms with Crippen molar-refractivity contribution in [3.63, 3.8) is 0 Å². The zero-order chi connectivity index (χ0) is 18.9.